The number of nitrogens with zero attached hydrogens (tertiary/aromatic N) is 4. The number of hydrogen-bond acceptors (Lipinski definition) is 6. The average molecular weight is 484 g/mol. The summed E-state index contributed by atoms with van der Waals surface area (Å²) in [5, 5.41) is 14.6. The van der Waals surface area contributed by atoms with Crippen LogP contribution in [0.25, 0.3) is 10.8 Å². The Kier molecular flexibility index (Phi) is 6.36. The predicted molar refractivity (Wildman–Crippen MR) is 137 cm³/mol. The molecule has 2 amide bonds. The van der Waals surface area contributed by atoms with E-state index >= 15 is 0 Å². The number of amides is 2. The summed E-state index contributed by atoms with van der Waals surface area (Å²) in [4.78, 5) is 46.2. The molecule has 5 rings (SSSR count). The molecule has 0 spiro atoms. The van der Waals surface area contributed by atoms with E-state index in [0.717, 1.165) is 10.3 Å². The van der Waals surface area contributed by atoms with Crippen molar-refractivity contribution in [2.45, 2.75) is 6.54 Å². The first-order valence-electron chi connectivity index (χ1n) is 11.7. The number of pyridine rings is 2. The standard InChI is InChI=1S/C27H25N5O4/c33-24-17-19-5-1-2-6-21(19)27(36)32(24)18-25(34)31-15-13-30(14-16-31)23-8-4-3-7-22(23)26(35)29-20-9-11-28-12-10-20/h1-12,17,36H,13-16,18H2,(H,28,29,35). The van der Waals surface area contributed by atoms with Crippen LogP contribution in [0.4, 0.5) is 11.4 Å². The van der Waals surface area contributed by atoms with Crippen LogP contribution in [-0.4, -0.2) is 57.6 Å². The van der Waals surface area contributed by atoms with Crippen LogP contribution < -0.4 is 15.8 Å². The molecule has 9 nitrogen and oxygen atoms in total. The number of aromatic hydroxyl groups is 1. The van der Waals surface area contributed by atoms with Crippen LogP contribution in [0.1, 0.15) is 10.4 Å². The minimum Gasteiger partial charge on any atom is -0.494 e. The molecule has 0 unspecified atom stereocenters. The quantitative estimate of drug-likeness (QED) is 0.452. The Morgan fingerprint density at radius 1 is 0.917 bits per heavy atom. The van der Waals surface area contributed by atoms with E-state index < -0.39 is 5.56 Å². The number of hydrogen-bond donors (Lipinski definition) is 2. The zero-order chi connectivity index (χ0) is 25.1. The first-order chi connectivity index (χ1) is 17.5. The molecular weight excluding hydrogens is 458 g/mol. The van der Waals surface area contributed by atoms with Gasteiger partial charge in [0, 0.05) is 61.4 Å². The van der Waals surface area contributed by atoms with Crippen LogP contribution in [0.3, 0.4) is 0 Å². The van der Waals surface area contributed by atoms with Gasteiger partial charge in [0.25, 0.3) is 11.5 Å². The highest BCUT2D eigenvalue weighted by atomic mass is 16.3. The largest absolute Gasteiger partial charge is 0.494 e. The van der Waals surface area contributed by atoms with E-state index in [-0.39, 0.29) is 24.2 Å². The second kappa shape index (κ2) is 9.91. The summed E-state index contributed by atoms with van der Waals surface area (Å²) < 4.78 is 1.11. The van der Waals surface area contributed by atoms with E-state index in [1.165, 1.54) is 6.07 Å². The summed E-state index contributed by atoms with van der Waals surface area (Å²) in [6, 6.07) is 19.3. The zero-order valence-corrected chi connectivity index (χ0v) is 19.5. The van der Waals surface area contributed by atoms with Crippen LogP contribution in [0, 0.1) is 0 Å². The molecule has 0 radical (unpaired) electrons. The highest BCUT2D eigenvalue weighted by Gasteiger charge is 2.25. The van der Waals surface area contributed by atoms with Crippen molar-refractivity contribution in [2.75, 3.05) is 36.4 Å². The molecule has 0 saturated carbocycles. The third-order valence-corrected chi connectivity index (χ3v) is 6.36. The number of rotatable bonds is 5. The Morgan fingerprint density at radius 2 is 1.61 bits per heavy atom. The fourth-order valence-electron chi connectivity index (χ4n) is 4.45. The van der Waals surface area contributed by atoms with Crippen molar-refractivity contribution < 1.29 is 14.7 Å². The van der Waals surface area contributed by atoms with E-state index in [1.807, 2.05) is 18.2 Å². The summed E-state index contributed by atoms with van der Waals surface area (Å²) in [6.45, 7) is 1.69. The molecule has 182 valence electrons. The molecule has 2 aromatic heterocycles. The molecular formula is C27H25N5O4. The number of nitrogens with one attached hydrogen (secondary N) is 1. The lowest BCUT2D eigenvalue weighted by molar-refractivity contribution is -0.132. The second-order valence-electron chi connectivity index (χ2n) is 8.55. The number of anilines is 2. The number of aromatic nitrogens is 2. The summed E-state index contributed by atoms with van der Waals surface area (Å²) >= 11 is 0. The molecule has 2 aromatic carbocycles. The van der Waals surface area contributed by atoms with Gasteiger partial charge in [-0.2, -0.15) is 0 Å². The van der Waals surface area contributed by atoms with Gasteiger partial charge in [-0.05, 0) is 35.7 Å². The summed E-state index contributed by atoms with van der Waals surface area (Å²) in [7, 11) is 0. The molecule has 3 heterocycles. The smallest absolute Gasteiger partial charge is 0.257 e. The predicted octanol–water partition coefficient (Wildman–Crippen LogP) is 2.70. The summed E-state index contributed by atoms with van der Waals surface area (Å²) in [5.41, 5.74) is 1.57. The molecule has 0 aliphatic carbocycles. The Bertz CT molecular complexity index is 1480. The first kappa shape index (κ1) is 23.1. The van der Waals surface area contributed by atoms with Crippen LogP contribution in [0.5, 0.6) is 5.88 Å². The van der Waals surface area contributed by atoms with Crippen LogP contribution in [0.15, 0.2) is 83.9 Å². The minimum atomic E-state index is -0.424. The van der Waals surface area contributed by atoms with Crippen molar-refractivity contribution in [2.24, 2.45) is 0 Å². The van der Waals surface area contributed by atoms with Gasteiger partial charge in [-0.25, -0.2) is 0 Å². The van der Waals surface area contributed by atoms with Crippen LogP contribution in [0.2, 0.25) is 0 Å². The molecule has 4 aromatic rings. The van der Waals surface area contributed by atoms with Gasteiger partial charge in [0.1, 0.15) is 6.54 Å². The number of piperazine rings is 1. The minimum absolute atomic E-state index is 0.209. The molecule has 1 aliphatic heterocycles. The third kappa shape index (κ3) is 4.63. The maximum absolute atomic E-state index is 13.0. The SMILES string of the molecule is O=C(Nc1ccncc1)c1ccccc1N1CCN(C(=O)Cn2c(O)c3ccccc3cc2=O)CC1. The molecule has 1 aliphatic rings. The molecule has 36 heavy (non-hydrogen) atoms. The summed E-state index contributed by atoms with van der Waals surface area (Å²) in [6.07, 6.45) is 3.23. The highest BCUT2D eigenvalue weighted by Crippen LogP contribution is 2.24. The lowest BCUT2D eigenvalue weighted by Gasteiger charge is -2.37. The molecule has 0 atom stereocenters. The van der Waals surface area contributed by atoms with Crippen molar-refractivity contribution in [3.05, 3.63) is 95.0 Å². The topological polar surface area (TPSA) is 108 Å². The maximum atomic E-state index is 13.0. The third-order valence-electron chi connectivity index (χ3n) is 6.36. The van der Waals surface area contributed by atoms with Gasteiger partial charge in [0.2, 0.25) is 11.8 Å². The van der Waals surface area contributed by atoms with Gasteiger partial charge >= 0.3 is 0 Å². The Balaban J connectivity index is 1.27. The van der Waals surface area contributed by atoms with Crippen LogP contribution >= 0.6 is 0 Å². The van der Waals surface area contributed by atoms with E-state index in [4.69, 9.17) is 0 Å². The van der Waals surface area contributed by atoms with Gasteiger partial charge in [-0.3, -0.25) is 23.9 Å². The first-order valence-corrected chi connectivity index (χ1v) is 11.7. The Labute approximate surface area is 207 Å². The fourth-order valence-corrected chi connectivity index (χ4v) is 4.45. The number of carbonyl (C=O) groups is 2. The van der Waals surface area contributed by atoms with Crippen LogP contribution in [-0.2, 0) is 11.3 Å². The van der Waals surface area contributed by atoms with Crippen molar-refractivity contribution >= 4 is 34.0 Å². The summed E-state index contributed by atoms with van der Waals surface area (Å²) in [5.74, 6) is -0.674. The van der Waals surface area contributed by atoms with E-state index in [9.17, 15) is 19.5 Å². The van der Waals surface area contributed by atoms with E-state index in [0.29, 0.717) is 48.2 Å². The van der Waals surface area contributed by atoms with Crippen molar-refractivity contribution in [1.82, 2.24) is 14.5 Å². The van der Waals surface area contributed by atoms with Gasteiger partial charge < -0.3 is 20.2 Å². The van der Waals surface area contributed by atoms with Crippen molar-refractivity contribution in [3.63, 3.8) is 0 Å². The van der Waals surface area contributed by atoms with Gasteiger partial charge in [-0.1, -0.05) is 30.3 Å². The number of carbonyl (C=O) groups excluding carboxylic acids is 2. The fraction of sp³-hybridized carbons (Fsp3) is 0.185. The number of fused-ring (bicyclic) bond motifs is 1. The molecule has 9 heteroatoms. The van der Waals surface area contributed by atoms with Gasteiger partial charge in [0.15, 0.2) is 0 Å². The zero-order valence-electron chi connectivity index (χ0n) is 19.5. The van der Waals surface area contributed by atoms with Gasteiger partial charge in [-0.15, -0.1) is 0 Å². The second-order valence-corrected chi connectivity index (χ2v) is 8.55. The molecule has 0 bridgehead atoms. The maximum Gasteiger partial charge on any atom is 0.257 e. The monoisotopic (exact) mass is 483 g/mol. The number of benzene rings is 2. The Morgan fingerprint density at radius 3 is 2.39 bits per heavy atom. The molecule has 1 saturated heterocycles. The van der Waals surface area contributed by atoms with Crippen molar-refractivity contribution in [1.29, 1.82) is 0 Å². The van der Waals surface area contributed by atoms with E-state index in [1.54, 1.807) is 59.8 Å². The average Bonchev–Trinajstić information content (AvgIpc) is 2.91. The molecule has 2 N–H and O–H groups in total. The van der Waals surface area contributed by atoms with Crippen molar-refractivity contribution in [3.8, 4) is 5.88 Å². The highest BCUT2D eigenvalue weighted by molar-refractivity contribution is 6.08. The van der Waals surface area contributed by atoms with Gasteiger partial charge in [0.05, 0.1) is 5.56 Å². The lowest BCUT2D eigenvalue weighted by atomic mass is 10.1. The normalized spacial score (nSPS) is 13.6. The van der Waals surface area contributed by atoms with E-state index in [2.05, 4.69) is 15.2 Å². The Hall–Kier alpha value is -4.66. The lowest BCUT2D eigenvalue weighted by Crippen LogP contribution is -2.50. The molecule has 1 fully saturated rings. The number of para-hydroxylation sites is 1.